The molecule has 0 radical (unpaired) electrons. The summed E-state index contributed by atoms with van der Waals surface area (Å²) in [6, 6.07) is 0. The summed E-state index contributed by atoms with van der Waals surface area (Å²) in [7, 11) is 5.00. The molecule has 0 aliphatic heterocycles. The normalized spacial score (nSPS) is 15.0. The Labute approximate surface area is 138 Å². The van der Waals surface area contributed by atoms with Gasteiger partial charge in [-0.25, -0.2) is 0 Å². The van der Waals surface area contributed by atoms with E-state index in [4.69, 9.17) is 19.9 Å². The van der Waals surface area contributed by atoms with Crippen LogP contribution < -0.4 is 5.73 Å². The number of hydrogen-bond acceptors (Lipinski definition) is 4. The van der Waals surface area contributed by atoms with Crippen LogP contribution in [0, 0.1) is 5.41 Å². The van der Waals surface area contributed by atoms with Gasteiger partial charge < -0.3 is 19.9 Å². The minimum Gasteiger partial charge on any atom is -0.330 e. The number of nitrogens with two attached hydrogens (primary N) is 1. The average molecular weight is 318 g/mol. The lowest BCUT2D eigenvalue weighted by Gasteiger charge is -2.47. The molecule has 0 aromatic carbocycles. The molecule has 4 nitrogen and oxygen atoms in total. The van der Waals surface area contributed by atoms with E-state index in [1.807, 2.05) is 0 Å². The zero-order chi connectivity index (χ0) is 16.9. The Balaban J connectivity index is 4.84. The predicted molar refractivity (Wildman–Crippen MR) is 92.8 cm³/mol. The first-order valence-corrected chi connectivity index (χ1v) is 8.97. The molecule has 0 fully saturated rings. The highest BCUT2D eigenvalue weighted by atomic mass is 16.9. The third kappa shape index (κ3) is 5.80. The van der Waals surface area contributed by atoms with Crippen LogP contribution in [0.25, 0.3) is 0 Å². The van der Waals surface area contributed by atoms with Gasteiger partial charge in [-0.3, -0.25) is 0 Å². The Morgan fingerprint density at radius 2 is 1.23 bits per heavy atom. The minimum atomic E-state index is -0.972. The first kappa shape index (κ1) is 21.8. The Bertz CT molecular complexity index is 248. The number of hydrogen-bond donors (Lipinski definition) is 1. The lowest BCUT2D eigenvalue weighted by atomic mass is 9.73. The molecule has 0 saturated carbocycles. The highest BCUT2D eigenvalue weighted by Gasteiger charge is 2.51. The van der Waals surface area contributed by atoms with E-state index in [-0.39, 0.29) is 5.41 Å². The van der Waals surface area contributed by atoms with E-state index in [0.29, 0.717) is 6.54 Å². The second-order valence-electron chi connectivity index (χ2n) is 6.21. The van der Waals surface area contributed by atoms with E-state index < -0.39 is 5.97 Å². The fraction of sp³-hybridized carbons (Fsp3) is 1.00. The molecule has 0 aromatic heterocycles. The molecule has 2 N–H and O–H groups in total. The minimum absolute atomic E-state index is 0.143. The van der Waals surface area contributed by atoms with Crippen LogP contribution in [0.4, 0.5) is 0 Å². The number of rotatable bonds is 15. The van der Waals surface area contributed by atoms with Crippen LogP contribution in [0.5, 0.6) is 0 Å². The molecule has 0 bridgehead atoms. The fourth-order valence-corrected chi connectivity index (χ4v) is 3.58. The topological polar surface area (TPSA) is 53.7 Å². The van der Waals surface area contributed by atoms with Crippen molar-refractivity contribution in [3.8, 4) is 0 Å². The maximum Gasteiger partial charge on any atom is 0.288 e. The van der Waals surface area contributed by atoms with Crippen LogP contribution in [0.15, 0.2) is 0 Å². The molecule has 0 saturated heterocycles. The third-order valence-electron chi connectivity index (χ3n) is 5.00. The second-order valence-corrected chi connectivity index (χ2v) is 6.21. The summed E-state index contributed by atoms with van der Waals surface area (Å²) in [5.74, 6) is -0.972. The Morgan fingerprint density at radius 3 is 1.68 bits per heavy atom. The Hall–Kier alpha value is -0.160. The van der Waals surface area contributed by atoms with E-state index in [9.17, 15) is 0 Å². The summed E-state index contributed by atoms with van der Waals surface area (Å²) < 4.78 is 17.1. The van der Waals surface area contributed by atoms with Crippen molar-refractivity contribution in [2.45, 2.75) is 84.0 Å². The van der Waals surface area contributed by atoms with Crippen LogP contribution in [0.3, 0.4) is 0 Å². The lowest BCUT2D eigenvalue weighted by molar-refractivity contribution is -0.410. The van der Waals surface area contributed by atoms with Crippen molar-refractivity contribution < 1.29 is 14.2 Å². The molecule has 0 rings (SSSR count). The van der Waals surface area contributed by atoms with Crippen LogP contribution >= 0.6 is 0 Å². The molecule has 0 unspecified atom stereocenters. The van der Waals surface area contributed by atoms with Gasteiger partial charge in [0.05, 0.1) is 5.41 Å². The number of methoxy groups -OCH3 is 3. The zero-order valence-electron chi connectivity index (χ0n) is 15.6. The van der Waals surface area contributed by atoms with Gasteiger partial charge in [-0.05, 0) is 32.2 Å². The molecule has 22 heavy (non-hydrogen) atoms. The van der Waals surface area contributed by atoms with Gasteiger partial charge in [0, 0.05) is 21.3 Å². The van der Waals surface area contributed by atoms with Crippen LogP contribution in [0.2, 0.25) is 0 Å². The molecule has 1 atom stereocenters. The lowest BCUT2D eigenvalue weighted by Crippen LogP contribution is -2.53. The molecule has 0 amide bonds. The van der Waals surface area contributed by atoms with Crippen molar-refractivity contribution in [3.63, 3.8) is 0 Å². The molecule has 0 spiro atoms. The molecule has 0 aromatic rings. The van der Waals surface area contributed by atoms with Gasteiger partial charge in [0.1, 0.15) is 0 Å². The fourth-order valence-electron chi connectivity index (χ4n) is 3.58. The molecule has 4 heteroatoms. The zero-order valence-corrected chi connectivity index (χ0v) is 15.6. The van der Waals surface area contributed by atoms with E-state index >= 15 is 0 Å². The van der Waals surface area contributed by atoms with E-state index in [2.05, 4.69) is 13.8 Å². The Kier molecular flexibility index (Phi) is 12.2. The van der Waals surface area contributed by atoms with Gasteiger partial charge in [-0.15, -0.1) is 0 Å². The molecule has 134 valence electrons. The molecule has 0 aliphatic carbocycles. The van der Waals surface area contributed by atoms with Gasteiger partial charge in [0.25, 0.3) is 5.97 Å². The quantitative estimate of drug-likeness (QED) is 0.358. The van der Waals surface area contributed by atoms with Crippen molar-refractivity contribution in [1.82, 2.24) is 0 Å². The first-order valence-electron chi connectivity index (χ1n) is 8.97. The largest absolute Gasteiger partial charge is 0.330 e. The third-order valence-corrected chi connectivity index (χ3v) is 5.00. The van der Waals surface area contributed by atoms with Gasteiger partial charge in [-0.2, -0.15) is 0 Å². The van der Waals surface area contributed by atoms with E-state index in [1.165, 1.54) is 38.5 Å². The van der Waals surface area contributed by atoms with Crippen molar-refractivity contribution in [1.29, 1.82) is 0 Å². The van der Waals surface area contributed by atoms with Crippen LogP contribution in [0.1, 0.15) is 78.1 Å². The predicted octanol–water partition coefficient (Wildman–Crippen LogP) is 4.47. The van der Waals surface area contributed by atoms with Gasteiger partial charge in [0.15, 0.2) is 0 Å². The van der Waals surface area contributed by atoms with E-state index in [0.717, 1.165) is 25.7 Å². The van der Waals surface area contributed by atoms with Gasteiger partial charge >= 0.3 is 0 Å². The monoisotopic (exact) mass is 317 g/mol. The highest BCUT2D eigenvalue weighted by molar-refractivity contribution is 4.88. The SMILES string of the molecule is CCCCCCCC[C@](CC)(CCCN)C(OC)(OC)OC. The standard InChI is InChI=1S/C18H39NO3/c1-6-8-9-10-11-12-14-17(7-2,15-13-16-19)18(20-3,21-4)22-5/h6-16,19H2,1-5H3/t17-/m1/s1. The number of ether oxygens (including phenoxy) is 3. The average Bonchev–Trinajstić information content (AvgIpc) is 2.56. The van der Waals surface area contributed by atoms with Gasteiger partial charge in [0.2, 0.25) is 0 Å². The Morgan fingerprint density at radius 1 is 0.727 bits per heavy atom. The van der Waals surface area contributed by atoms with Crippen molar-refractivity contribution in [2.75, 3.05) is 27.9 Å². The molecular weight excluding hydrogens is 278 g/mol. The van der Waals surface area contributed by atoms with Crippen molar-refractivity contribution >= 4 is 0 Å². The highest BCUT2D eigenvalue weighted by Crippen LogP contribution is 2.47. The van der Waals surface area contributed by atoms with Crippen LogP contribution in [-0.4, -0.2) is 33.8 Å². The first-order chi connectivity index (χ1) is 10.6. The van der Waals surface area contributed by atoms with Gasteiger partial charge in [-0.1, -0.05) is 52.4 Å². The molecular formula is C18H39NO3. The van der Waals surface area contributed by atoms with Crippen molar-refractivity contribution in [3.05, 3.63) is 0 Å². The van der Waals surface area contributed by atoms with Crippen LogP contribution in [-0.2, 0) is 14.2 Å². The summed E-state index contributed by atoms with van der Waals surface area (Å²) in [4.78, 5) is 0. The summed E-state index contributed by atoms with van der Waals surface area (Å²) in [6.07, 6.45) is 11.6. The summed E-state index contributed by atoms with van der Waals surface area (Å²) in [5, 5.41) is 0. The number of unbranched alkanes of at least 4 members (excludes halogenated alkanes) is 5. The summed E-state index contributed by atoms with van der Waals surface area (Å²) in [6.45, 7) is 5.13. The summed E-state index contributed by atoms with van der Waals surface area (Å²) in [5.41, 5.74) is 5.60. The van der Waals surface area contributed by atoms with E-state index in [1.54, 1.807) is 21.3 Å². The summed E-state index contributed by atoms with van der Waals surface area (Å²) >= 11 is 0. The molecule has 0 aliphatic rings. The second kappa shape index (κ2) is 12.3. The van der Waals surface area contributed by atoms with Crippen molar-refractivity contribution in [2.24, 2.45) is 11.1 Å². The maximum atomic E-state index is 5.75. The smallest absolute Gasteiger partial charge is 0.288 e. The molecule has 0 heterocycles. The maximum absolute atomic E-state index is 5.75.